The molecule has 2 heterocycles. The number of hydrogen-bond donors (Lipinski definition) is 1. The number of fused-ring (bicyclic) bond motifs is 1. The predicted octanol–water partition coefficient (Wildman–Crippen LogP) is 1.35. The average molecular weight is 289 g/mol. The Morgan fingerprint density at radius 2 is 2.46 bits per heavy atom. The fourth-order valence-electron chi connectivity index (χ4n) is 1.33. The Labute approximate surface area is 88.1 Å². The molecule has 0 atom stereocenters. The molecule has 0 saturated carbocycles. The monoisotopic (exact) mass is 289 g/mol. The number of H-pyrrole nitrogens is 1. The van der Waals surface area contributed by atoms with Gasteiger partial charge in [0, 0.05) is 12.7 Å². The standard InChI is InChI=1S/C8H8IN3O/c1-2-12-5-3-4-10-8(13)6(5)7(9)11-12/h3-4H,2H2,1H3,(H,10,13). The number of nitrogens with one attached hydrogen (secondary N) is 1. The molecule has 0 spiro atoms. The van der Waals surface area contributed by atoms with Gasteiger partial charge in [-0.3, -0.25) is 9.48 Å². The molecular formula is C8H8IN3O. The van der Waals surface area contributed by atoms with Gasteiger partial charge in [-0.15, -0.1) is 0 Å². The molecule has 0 saturated heterocycles. The van der Waals surface area contributed by atoms with Crippen molar-refractivity contribution < 1.29 is 0 Å². The number of rotatable bonds is 1. The number of hydrogen-bond acceptors (Lipinski definition) is 2. The van der Waals surface area contributed by atoms with Crippen LogP contribution in [0.3, 0.4) is 0 Å². The van der Waals surface area contributed by atoms with E-state index in [0.29, 0.717) is 5.39 Å². The van der Waals surface area contributed by atoms with Gasteiger partial charge in [0.15, 0.2) is 0 Å². The lowest BCUT2D eigenvalue weighted by Crippen LogP contribution is -2.04. The molecule has 13 heavy (non-hydrogen) atoms. The van der Waals surface area contributed by atoms with Crippen molar-refractivity contribution >= 4 is 33.5 Å². The number of pyridine rings is 1. The van der Waals surface area contributed by atoms with E-state index in [2.05, 4.69) is 32.7 Å². The lowest BCUT2D eigenvalue weighted by Gasteiger charge is -1.95. The highest BCUT2D eigenvalue weighted by molar-refractivity contribution is 14.1. The van der Waals surface area contributed by atoms with E-state index < -0.39 is 0 Å². The second-order valence-corrected chi connectivity index (χ2v) is 3.70. The van der Waals surface area contributed by atoms with E-state index in [4.69, 9.17) is 0 Å². The summed E-state index contributed by atoms with van der Waals surface area (Å²) < 4.78 is 2.59. The van der Waals surface area contributed by atoms with Gasteiger partial charge in [0.1, 0.15) is 3.70 Å². The number of nitrogens with zero attached hydrogens (tertiary/aromatic N) is 2. The summed E-state index contributed by atoms with van der Waals surface area (Å²) in [6.07, 6.45) is 1.65. The van der Waals surface area contributed by atoms with Crippen LogP contribution in [-0.2, 0) is 6.54 Å². The lowest BCUT2D eigenvalue weighted by atomic mass is 10.3. The molecule has 5 heteroatoms. The number of aromatic nitrogens is 3. The van der Waals surface area contributed by atoms with Crippen molar-refractivity contribution in [1.82, 2.24) is 14.8 Å². The van der Waals surface area contributed by atoms with Gasteiger partial charge in [0.2, 0.25) is 0 Å². The fourth-order valence-corrected chi connectivity index (χ4v) is 2.12. The molecule has 1 N–H and O–H groups in total. The highest BCUT2D eigenvalue weighted by Crippen LogP contribution is 2.15. The largest absolute Gasteiger partial charge is 0.328 e. The van der Waals surface area contributed by atoms with Crippen LogP contribution in [0.2, 0.25) is 0 Å². The lowest BCUT2D eigenvalue weighted by molar-refractivity contribution is 0.678. The van der Waals surface area contributed by atoms with Gasteiger partial charge >= 0.3 is 0 Å². The number of halogens is 1. The molecule has 4 nitrogen and oxygen atoms in total. The van der Waals surface area contributed by atoms with Gasteiger partial charge < -0.3 is 4.98 Å². The van der Waals surface area contributed by atoms with Crippen LogP contribution < -0.4 is 5.56 Å². The zero-order chi connectivity index (χ0) is 9.42. The summed E-state index contributed by atoms with van der Waals surface area (Å²) in [6.45, 7) is 2.78. The first-order valence-corrected chi connectivity index (χ1v) is 5.05. The Balaban J connectivity index is 2.96. The summed E-state index contributed by atoms with van der Waals surface area (Å²) in [4.78, 5) is 14.1. The molecule has 0 fully saturated rings. The normalized spacial score (nSPS) is 10.9. The smallest absolute Gasteiger partial charge is 0.260 e. The maximum Gasteiger partial charge on any atom is 0.260 e. The van der Waals surface area contributed by atoms with Crippen LogP contribution in [0.4, 0.5) is 0 Å². The van der Waals surface area contributed by atoms with Gasteiger partial charge in [0.05, 0.1) is 10.9 Å². The molecule has 0 aliphatic heterocycles. The maximum absolute atomic E-state index is 11.4. The van der Waals surface area contributed by atoms with Crippen molar-refractivity contribution in [1.29, 1.82) is 0 Å². The van der Waals surface area contributed by atoms with Crippen molar-refractivity contribution in [2.45, 2.75) is 13.5 Å². The molecular weight excluding hydrogens is 281 g/mol. The first kappa shape index (κ1) is 8.74. The SMILES string of the molecule is CCn1nc(I)c2c(=O)[nH]ccc21. The van der Waals surface area contributed by atoms with E-state index in [-0.39, 0.29) is 5.56 Å². The minimum absolute atomic E-state index is 0.0680. The minimum atomic E-state index is -0.0680. The van der Waals surface area contributed by atoms with Crippen LogP contribution in [0, 0.1) is 3.70 Å². The summed E-state index contributed by atoms with van der Waals surface area (Å²) in [5, 5.41) is 4.94. The molecule has 2 aromatic rings. The quantitative estimate of drug-likeness (QED) is 0.806. The van der Waals surface area contributed by atoms with Crippen molar-refractivity contribution in [3.05, 3.63) is 26.3 Å². The van der Waals surface area contributed by atoms with E-state index in [0.717, 1.165) is 15.8 Å². The Kier molecular flexibility index (Phi) is 2.10. The Morgan fingerprint density at radius 1 is 1.69 bits per heavy atom. The van der Waals surface area contributed by atoms with Crippen LogP contribution in [0.25, 0.3) is 10.9 Å². The molecule has 0 aliphatic rings. The molecule has 0 amide bonds. The third-order valence-electron chi connectivity index (χ3n) is 1.93. The van der Waals surface area contributed by atoms with Crippen molar-refractivity contribution in [2.24, 2.45) is 0 Å². The van der Waals surface area contributed by atoms with E-state index in [1.165, 1.54) is 0 Å². The summed E-state index contributed by atoms with van der Waals surface area (Å²) in [7, 11) is 0. The number of aryl methyl sites for hydroxylation is 1. The van der Waals surface area contributed by atoms with Crippen LogP contribution in [-0.4, -0.2) is 14.8 Å². The highest BCUT2D eigenvalue weighted by Gasteiger charge is 2.09. The summed E-state index contributed by atoms with van der Waals surface area (Å²) >= 11 is 2.08. The summed E-state index contributed by atoms with van der Waals surface area (Å²) in [6, 6.07) is 1.87. The first-order valence-electron chi connectivity index (χ1n) is 3.97. The fraction of sp³-hybridized carbons (Fsp3) is 0.250. The molecule has 68 valence electrons. The molecule has 2 rings (SSSR count). The van der Waals surface area contributed by atoms with Gasteiger partial charge in [-0.1, -0.05) is 0 Å². The first-order chi connectivity index (χ1) is 6.24. The van der Waals surface area contributed by atoms with Crippen LogP contribution in [0.1, 0.15) is 6.92 Å². The van der Waals surface area contributed by atoms with Crippen LogP contribution in [0.5, 0.6) is 0 Å². The number of aromatic amines is 1. The third-order valence-corrected chi connectivity index (χ3v) is 2.69. The maximum atomic E-state index is 11.4. The Bertz CT molecular complexity index is 500. The molecule has 0 aromatic carbocycles. The minimum Gasteiger partial charge on any atom is -0.328 e. The third kappa shape index (κ3) is 1.27. The van der Waals surface area contributed by atoms with E-state index in [1.807, 2.05) is 17.7 Å². The van der Waals surface area contributed by atoms with Crippen molar-refractivity contribution in [3.63, 3.8) is 0 Å². The van der Waals surface area contributed by atoms with Crippen molar-refractivity contribution in [2.75, 3.05) is 0 Å². The second kappa shape index (κ2) is 3.13. The van der Waals surface area contributed by atoms with E-state index in [9.17, 15) is 4.79 Å². The molecule has 0 radical (unpaired) electrons. The van der Waals surface area contributed by atoms with Gasteiger partial charge in [-0.05, 0) is 35.6 Å². The zero-order valence-electron chi connectivity index (χ0n) is 7.04. The predicted molar refractivity (Wildman–Crippen MR) is 58.7 cm³/mol. The Morgan fingerprint density at radius 3 is 3.15 bits per heavy atom. The molecule has 0 unspecified atom stereocenters. The van der Waals surface area contributed by atoms with Crippen LogP contribution in [0.15, 0.2) is 17.1 Å². The van der Waals surface area contributed by atoms with Gasteiger partial charge in [-0.25, -0.2) is 0 Å². The zero-order valence-corrected chi connectivity index (χ0v) is 9.20. The van der Waals surface area contributed by atoms with Gasteiger partial charge in [0.25, 0.3) is 5.56 Å². The summed E-state index contributed by atoms with van der Waals surface area (Å²) in [5.41, 5.74) is 0.831. The molecule has 2 aromatic heterocycles. The topological polar surface area (TPSA) is 50.7 Å². The van der Waals surface area contributed by atoms with E-state index in [1.54, 1.807) is 6.20 Å². The molecule has 0 bridgehead atoms. The summed E-state index contributed by atoms with van der Waals surface area (Å²) in [5.74, 6) is 0. The molecule has 0 aliphatic carbocycles. The second-order valence-electron chi connectivity index (χ2n) is 2.67. The van der Waals surface area contributed by atoms with Gasteiger partial charge in [-0.2, -0.15) is 5.10 Å². The van der Waals surface area contributed by atoms with Crippen molar-refractivity contribution in [3.8, 4) is 0 Å². The highest BCUT2D eigenvalue weighted by atomic mass is 127. The Hall–Kier alpha value is -0.850. The van der Waals surface area contributed by atoms with Crippen LogP contribution >= 0.6 is 22.6 Å². The average Bonchev–Trinajstić information content (AvgIpc) is 2.44. The van der Waals surface area contributed by atoms with E-state index >= 15 is 0 Å².